The first kappa shape index (κ1) is 12.9. The molecule has 0 aliphatic carbocycles. The summed E-state index contributed by atoms with van der Waals surface area (Å²) in [5, 5.41) is 0. The van der Waals surface area contributed by atoms with Crippen molar-refractivity contribution in [2.45, 2.75) is 25.7 Å². The maximum absolute atomic E-state index is 13.0. The lowest BCUT2D eigenvalue weighted by Gasteiger charge is -2.06. The van der Waals surface area contributed by atoms with Crippen molar-refractivity contribution in [2.75, 3.05) is 0 Å². The lowest BCUT2D eigenvalue weighted by Crippen LogP contribution is -2.04. The first-order valence-corrected chi connectivity index (χ1v) is 4.45. The molecule has 0 nitrogen and oxygen atoms in total. The third kappa shape index (κ3) is 2.90. The van der Waals surface area contributed by atoms with E-state index in [9.17, 15) is 26.3 Å². The van der Waals surface area contributed by atoms with Crippen LogP contribution in [0.1, 0.15) is 18.4 Å². The van der Waals surface area contributed by atoms with E-state index in [0.717, 1.165) is 0 Å². The summed E-state index contributed by atoms with van der Waals surface area (Å²) in [6.07, 6.45) is -3.93. The highest BCUT2D eigenvalue weighted by molar-refractivity contribution is 5.21. The molecule has 1 rings (SSSR count). The number of halogens is 6. The van der Waals surface area contributed by atoms with Gasteiger partial charge in [-0.15, -0.1) is 0 Å². The average Bonchev–Trinajstić information content (AvgIpc) is 2.20. The maximum Gasteiger partial charge on any atom is 0.238 e. The van der Waals surface area contributed by atoms with E-state index in [0.29, 0.717) is 0 Å². The van der Waals surface area contributed by atoms with Gasteiger partial charge in [0.15, 0.2) is 23.3 Å². The van der Waals surface area contributed by atoms with Gasteiger partial charge in [0, 0.05) is 12.0 Å². The first-order chi connectivity index (χ1) is 7.43. The quantitative estimate of drug-likeness (QED) is 0.557. The minimum absolute atomic E-state index is 0.256. The van der Waals surface area contributed by atoms with Crippen LogP contribution in [0.3, 0.4) is 0 Å². The van der Waals surface area contributed by atoms with E-state index in [1.165, 1.54) is 6.07 Å². The molecule has 0 saturated heterocycles. The van der Waals surface area contributed by atoms with Crippen LogP contribution in [0.5, 0.6) is 0 Å². The Bertz CT molecular complexity index is 348. The molecule has 0 unspecified atom stereocenters. The fourth-order valence-electron chi connectivity index (χ4n) is 1.22. The smallest absolute Gasteiger partial charge is 0.211 e. The van der Waals surface area contributed by atoms with Gasteiger partial charge in [-0.05, 0) is 12.8 Å². The van der Waals surface area contributed by atoms with Gasteiger partial charge in [-0.2, -0.15) is 0 Å². The normalized spacial score (nSPS) is 11.2. The molecule has 16 heavy (non-hydrogen) atoms. The van der Waals surface area contributed by atoms with Crippen LogP contribution in [-0.2, 0) is 6.42 Å². The number of hydrogen-bond acceptors (Lipinski definition) is 0. The molecule has 0 amide bonds. The third-order valence-corrected chi connectivity index (χ3v) is 1.98. The van der Waals surface area contributed by atoms with Gasteiger partial charge >= 0.3 is 0 Å². The van der Waals surface area contributed by atoms with Gasteiger partial charge in [-0.1, -0.05) is 0 Å². The highest BCUT2D eigenvalue weighted by atomic mass is 19.3. The molecule has 0 atom stereocenters. The summed E-state index contributed by atoms with van der Waals surface area (Å²) in [6, 6.07) is 1.21. The van der Waals surface area contributed by atoms with Gasteiger partial charge in [0.1, 0.15) is 0 Å². The number of benzene rings is 1. The van der Waals surface area contributed by atoms with E-state index < -0.39 is 48.1 Å². The second-order valence-electron chi connectivity index (χ2n) is 3.14. The molecule has 0 aliphatic rings. The maximum atomic E-state index is 13.0. The second kappa shape index (κ2) is 5.23. The summed E-state index contributed by atoms with van der Waals surface area (Å²) in [4.78, 5) is 0. The van der Waals surface area contributed by atoms with Crippen molar-refractivity contribution in [3.63, 3.8) is 0 Å². The van der Waals surface area contributed by atoms with Crippen molar-refractivity contribution in [3.05, 3.63) is 34.9 Å². The van der Waals surface area contributed by atoms with Gasteiger partial charge in [-0.3, -0.25) is 0 Å². The molecule has 1 aromatic rings. The van der Waals surface area contributed by atoms with Crippen molar-refractivity contribution in [2.24, 2.45) is 0 Å². The average molecular weight is 241 g/mol. The van der Waals surface area contributed by atoms with E-state index in [4.69, 9.17) is 0 Å². The van der Waals surface area contributed by atoms with Gasteiger partial charge in [0.05, 0.1) is 6.07 Å². The monoisotopic (exact) mass is 241 g/mol. The molecule has 0 spiro atoms. The SMILES string of the molecule is Fc1[c]c(F)c(F)c(CCCC(F)F)c1F. The summed E-state index contributed by atoms with van der Waals surface area (Å²) in [6.45, 7) is 0. The Morgan fingerprint density at radius 1 is 0.938 bits per heavy atom. The third-order valence-electron chi connectivity index (χ3n) is 1.98. The molecule has 0 bridgehead atoms. The zero-order valence-electron chi connectivity index (χ0n) is 7.97. The van der Waals surface area contributed by atoms with Gasteiger partial charge < -0.3 is 0 Å². The largest absolute Gasteiger partial charge is 0.238 e. The second-order valence-corrected chi connectivity index (χ2v) is 3.14. The van der Waals surface area contributed by atoms with Crippen LogP contribution in [0.2, 0.25) is 0 Å². The molecule has 0 aliphatic heterocycles. The van der Waals surface area contributed by atoms with Crippen LogP contribution < -0.4 is 0 Å². The van der Waals surface area contributed by atoms with Crippen LogP contribution in [0, 0.1) is 29.3 Å². The predicted octanol–water partition coefficient (Wildman–Crippen LogP) is 3.63. The number of hydrogen-bond donors (Lipinski definition) is 0. The number of rotatable bonds is 4. The highest BCUT2D eigenvalue weighted by Crippen LogP contribution is 2.21. The summed E-state index contributed by atoms with van der Waals surface area (Å²) >= 11 is 0. The van der Waals surface area contributed by atoms with Crippen molar-refractivity contribution >= 4 is 0 Å². The van der Waals surface area contributed by atoms with Crippen LogP contribution in [0.4, 0.5) is 26.3 Å². The Hall–Kier alpha value is -1.20. The Morgan fingerprint density at radius 3 is 1.88 bits per heavy atom. The minimum Gasteiger partial charge on any atom is -0.211 e. The van der Waals surface area contributed by atoms with Crippen LogP contribution >= 0.6 is 0 Å². The van der Waals surface area contributed by atoms with E-state index in [-0.39, 0.29) is 6.42 Å². The van der Waals surface area contributed by atoms with Gasteiger partial charge in [0.2, 0.25) is 6.43 Å². The molecule has 0 saturated carbocycles. The lowest BCUT2D eigenvalue weighted by atomic mass is 10.1. The van der Waals surface area contributed by atoms with E-state index in [1.807, 2.05) is 0 Å². The van der Waals surface area contributed by atoms with Crippen LogP contribution in [0.25, 0.3) is 0 Å². The van der Waals surface area contributed by atoms with Gasteiger partial charge in [0.25, 0.3) is 0 Å². The Morgan fingerprint density at radius 2 is 1.44 bits per heavy atom. The summed E-state index contributed by atoms with van der Waals surface area (Å²) < 4.78 is 74.7. The molecular weight excluding hydrogens is 234 g/mol. The fraction of sp³-hybridized carbons (Fsp3) is 0.400. The molecule has 0 aromatic heterocycles. The molecule has 1 radical (unpaired) electrons. The summed E-state index contributed by atoms with van der Waals surface area (Å²) in [5.74, 6) is -6.45. The topological polar surface area (TPSA) is 0 Å². The first-order valence-electron chi connectivity index (χ1n) is 4.45. The highest BCUT2D eigenvalue weighted by Gasteiger charge is 2.19. The summed E-state index contributed by atoms with van der Waals surface area (Å²) in [7, 11) is 0. The summed E-state index contributed by atoms with van der Waals surface area (Å²) in [5.41, 5.74) is -0.852. The van der Waals surface area contributed by atoms with Crippen molar-refractivity contribution in [1.82, 2.24) is 0 Å². The van der Waals surface area contributed by atoms with Crippen molar-refractivity contribution in [3.8, 4) is 0 Å². The molecule has 1 aromatic carbocycles. The number of alkyl halides is 2. The minimum atomic E-state index is -2.61. The van der Waals surface area contributed by atoms with E-state index >= 15 is 0 Å². The van der Waals surface area contributed by atoms with Crippen LogP contribution in [0.15, 0.2) is 0 Å². The molecule has 0 heterocycles. The fourth-order valence-corrected chi connectivity index (χ4v) is 1.22. The molecule has 6 heteroatoms. The van der Waals surface area contributed by atoms with Gasteiger partial charge in [-0.25, -0.2) is 26.3 Å². The molecule has 0 N–H and O–H groups in total. The van der Waals surface area contributed by atoms with E-state index in [2.05, 4.69) is 0 Å². The van der Waals surface area contributed by atoms with E-state index in [1.54, 1.807) is 0 Å². The molecule has 89 valence electrons. The molecule has 0 fully saturated rings. The Balaban J connectivity index is 2.86. The zero-order valence-corrected chi connectivity index (χ0v) is 7.97. The standard InChI is InChI=1S/C10H7F6/c11-6-4-7(12)10(16)5(9(6)15)2-1-3-8(13)14/h8H,1-3H2. The van der Waals surface area contributed by atoms with Crippen LogP contribution in [-0.4, -0.2) is 6.43 Å². The predicted molar refractivity (Wildman–Crippen MR) is 44.1 cm³/mol. The Kier molecular flexibility index (Phi) is 4.20. The lowest BCUT2D eigenvalue weighted by molar-refractivity contribution is 0.134. The van der Waals surface area contributed by atoms with Crippen molar-refractivity contribution < 1.29 is 26.3 Å². The Labute approximate surface area is 87.9 Å². The molecular formula is C10H7F6. The van der Waals surface area contributed by atoms with Crippen molar-refractivity contribution in [1.29, 1.82) is 0 Å². The zero-order chi connectivity index (χ0) is 12.3.